The van der Waals surface area contributed by atoms with E-state index in [1.54, 1.807) is 7.11 Å². The van der Waals surface area contributed by atoms with Crippen molar-refractivity contribution in [2.75, 3.05) is 20.3 Å². The summed E-state index contributed by atoms with van der Waals surface area (Å²) in [6.07, 6.45) is 0.336. The number of aliphatic hydroxyl groups excluding tert-OH is 1. The van der Waals surface area contributed by atoms with E-state index in [2.05, 4.69) is 46.4 Å². The molecule has 0 amide bonds. The van der Waals surface area contributed by atoms with Crippen molar-refractivity contribution in [2.45, 2.75) is 26.0 Å². The molecule has 1 unspecified atom stereocenters. The van der Waals surface area contributed by atoms with E-state index in [9.17, 15) is 5.11 Å². The molecule has 0 fully saturated rings. The minimum atomic E-state index is -0.376. The van der Waals surface area contributed by atoms with Gasteiger partial charge in [0.2, 0.25) is 0 Å². The third-order valence-corrected chi connectivity index (χ3v) is 3.45. The number of rotatable bonds is 7. The van der Waals surface area contributed by atoms with Gasteiger partial charge in [-0.15, -0.1) is 0 Å². The van der Waals surface area contributed by atoms with E-state index in [1.165, 1.54) is 11.1 Å². The molecular formula is C13H20BrNO2. The highest BCUT2D eigenvalue weighted by molar-refractivity contribution is 9.10. The Morgan fingerprint density at radius 1 is 1.47 bits per heavy atom. The number of ether oxygens (including phenoxy) is 1. The number of aliphatic hydroxyl groups is 1. The average Bonchev–Trinajstić information content (AvgIpc) is 2.29. The van der Waals surface area contributed by atoms with Crippen molar-refractivity contribution in [3.63, 3.8) is 0 Å². The molecule has 96 valence electrons. The molecule has 0 spiro atoms. The minimum Gasteiger partial charge on any atom is -0.391 e. The van der Waals surface area contributed by atoms with Crippen LogP contribution in [0.1, 0.15) is 17.5 Å². The molecule has 3 nitrogen and oxygen atoms in total. The Labute approximate surface area is 111 Å². The molecule has 1 atom stereocenters. The van der Waals surface area contributed by atoms with Gasteiger partial charge in [0.05, 0.1) is 12.7 Å². The zero-order chi connectivity index (χ0) is 12.7. The number of aryl methyl sites for hydroxylation is 1. The highest BCUT2D eigenvalue weighted by Crippen LogP contribution is 2.16. The summed E-state index contributed by atoms with van der Waals surface area (Å²) in [6.45, 7) is 4.10. The molecule has 1 aromatic rings. The lowest BCUT2D eigenvalue weighted by Gasteiger charge is -2.10. The van der Waals surface area contributed by atoms with Gasteiger partial charge < -0.3 is 15.2 Å². The number of hydrogen-bond donors (Lipinski definition) is 2. The van der Waals surface area contributed by atoms with E-state index in [1.807, 2.05) is 0 Å². The second-order valence-corrected chi connectivity index (χ2v) is 5.01. The highest BCUT2D eigenvalue weighted by Gasteiger charge is 2.02. The van der Waals surface area contributed by atoms with Crippen molar-refractivity contribution in [3.8, 4) is 0 Å². The maximum atomic E-state index is 9.46. The van der Waals surface area contributed by atoms with Crippen molar-refractivity contribution in [2.24, 2.45) is 0 Å². The van der Waals surface area contributed by atoms with Gasteiger partial charge in [0.15, 0.2) is 0 Å². The Morgan fingerprint density at radius 2 is 2.24 bits per heavy atom. The van der Waals surface area contributed by atoms with Gasteiger partial charge in [-0.25, -0.2) is 0 Å². The van der Waals surface area contributed by atoms with E-state index in [4.69, 9.17) is 4.74 Å². The molecule has 1 aromatic carbocycles. The first-order chi connectivity index (χ1) is 8.13. The van der Waals surface area contributed by atoms with Crippen LogP contribution in [0.5, 0.6) is 0 Å². The van der Waals surface area contributed by atoms with Crippen molar-refractivity contribution >= 4 is 15.9 Å². The number of nitrogens with one attached hydrogen (secondary N) is 1. The number of benzene rings is 1. The van der Waals surface area contributed by atoms with Crippen LogP contribution in [0.3, 0.4) is 0 Å². The van der Waals surface area contributed by atoms with Crippen LogP contribution in [0.25, 0.3) is 0 Å². The van der Waals surface area contributed by atoms with Gasteiger partial charge in [-0.05, 0) is 37.1 Å². The van der Waals surface area contributed by atoms with E-state index in [-0.39, 0.29) is 6.10 Å². The second-order valence-electron chi connectivity index (χ2n) is 4.16. The zero-order valence-electron chi connectivity index (χ0n) is 10.4. The predicted octanol–water partition coefficient (Wildman–Crippen LogP) is 2.24. The standard InChI is InChI=1S/C13H20BrNO2/c1-10-7-11(3-4-13(10)14)8-15-6-5-12(16)9-17-2/h3-4,7,12,15-16H,5-6,8-9H2,1-2H3. The van der Waals surface area contributed by atoms with E-state index in [0.29, 0.717) is 13.0 Å². The van der Waals surface area contributed by atoms with Crippen LogP contribution in [0.2, 0.25) is 0 Å². The Kier molecular flexibility index (Phi) is 6.73. The van der Waals surface area contributed by atoms with Gasteiger partial charge in [0.1, 0.15) is 0 Å². The van der Waals surface area contributed by atoms with E-state index in [0.717, 1.165) is 17.6 Å². The summed E-state index contributed by atoms with van der Waals surface area (Å²) >= 11 is 3.48. The van der Waals surface area contributed by atoms with Crippen molar-refractivity contribution in [1.82, 2.24) is 5.32 Å². The van der Waals surface area contributed by atoms with Crippen LogP contribution in [0.15, 0.2) is 22.7 Å². The Balaban J connectivity index is 2.24. The molecule has 2 N–H and O–H groups in total. The summed E-state index contributed by atoms with van der Waals surface area (Å²) in [5, 5.41) is 12.8. The molecule has 0 bridgehead atoms. The number of hydrogen-bond acceptors (Lipinski definition) is 3. The molecule has 0 radical (unpaired) electrons. The third kappa shape index (κ3) is 5.64. The van der Waals surface area contributed by atoms with E-state index >= 15 is 0 Å². The van der Waals surface area contributed by atoms with Crippen LogP contribution < -0.4 is 5.32 Å². The molecule has 0 aliphatic heterocycles. The van der Waals surface area contributed by atoms with Gasteiger partial charge in [-0.2, -0.15) is 0 Å². The van der Waals surface area contributed by atoms with Crippen LogP contribution in [-0.4, -0.2) is 31.5 Å². The molecule has 0 aromatic heterocycles. The lowest BCUT2D eigenvalue weighted by atomic mass is 10.1. The predicted molar refractivity (Wildman–Crippen MR) is 73.1 cm³/mol. The van der Waals surface area contributed by atoms with Crippen LogP contribution >= 0.6 is 15.9 Å². The molecule has 1 rings (SSSR count). The quantitative estimate of drug-likeness (QED) is 0.759. The van der Waals surface area contributed by atoms with Crippen molar-refractivity contribution < 1.29 is 9.84 Å². The molecule has 0 aliphatic rings. The fourth-order valence-corrected chi connectivity index (χ4v) is 1.84. The van der Waals surface area contributed by atoms with Gasteiger partial charge in [0, 0.05) is 18.1 Å². The molecule has 0 saturated heterocycles. The fourth-order valence-electron chi connectivity index (χ4n) is 1.59. The number of halogens is 1. The van der Waals surface area contributed by atoms with Crippen LogP contribution in [-0.2, 0) is 11.3 Å². The highest BCUT2D eigenvalue weighted by atomic mass is 79.9. The molecule has 0 heterocycles. The summed E-state index contributed by atoms with van der Waals surface area (Å²) < 4.78 is 6.00. The fraction of sp³-hybridized carbons (Fsp3) is 0.538. The average molecular weight is 302 g/mol. The van der Waals surface area contributed by atoms with Gasteiger partial charge in [-0.3, -0.25) is 0 Å². The normalized spacial score (nSPS) is 12.7. The first-order valence-corrected chi connectivity index (χ1v) is 6.55. The van der Waals surface area contributed by atoms with Crippen LogP contribution in [0, 0.1) is 6.92 Å². The van der Waals surface area contributed by atoms with Gasteiger partial charge in [-0.1, -0.05) is 28.1 Å². The summed E-state index contributed by atoms with van der Waals surface area (Å²) in [5.74, 6) is 0. The second kappa shape index (κ2) is 7.82. The zero-order valence-corrected chi connectivity index (χ0v) is 12.0. The maximum Gasteiger partial charge on any atom is 0.0785 e. The summed E-state index contributed by atoms with van der Waals surface area (Å²) in [6, 6.07) is 6.31. The lowest BCUT2D eigenvalue weighted by molar-refractivity contribution is 0.0594. The van der Waals surface area contributed by atoms with E-state index < -0.39 is 0 Å². The molecule has 4 heteroatoms. The largest absolute Gasteiger partial charge is 0.391 e. The third-order valence-electron chi connectivity index (χ3n) is 2.56. The van der Waals surface area contributed by atoms with Gasteiger partial charge >= 0.3 is 0 Å². The Bertz CT molecular complexity index is 344. The number of methoxy groups -OCH3 is 1. The SMILES string of the molecule is COCC(O)CCNCc1ccc(Br)c(C)c1. The first kappa shape index (κ1) is 14.6. The minimum absolute atomic E-state index is 0.376. The molecular weight excluding hydrogens is 282 g/mol. The molecule has 17 heavy (non-hydrogen) atoms. The maximum absolute atomic E-state index is 9.46. The van der Waals surface area contributed by atoms with Crippen LogP contribution in [0.4, 0.5) is 0 Å². The summed E-state index contributed by atoms with van der Waals surface area (Å²) in [4.78, 5) is 0. The van der Waals surface area contributed by atoms with Crippen molar-refractivity contribution in [1.29, 1.82) is 0 Å². The smallest absolute Gasteiger partial charge is 0.0785 e. The molecule has 0 aliphatic carbocycles. The monoisotopic (exact) mass is 301 g/mol. The topological polar surface area (TPSA) is 41.5 Å². The first-order valence-electron chi connectivity index (χ1n) is 5.76. The van der Waals surface area contributed by atoms with Crippen molar-refractivity contribution in [3.05, 3.63) is 33.8 Å². The van der Waals surface area contributed by atoms with Gasteiger partial charge in [0.25, 0.3) is 0 Å². The lowest BCUT2D eigenvalue weighted by Crippen LogP contribution is -2.23. The molecule has 0 saturated carbocycles. The summed E-state index contributed by atoms with van der Waals surface area (Å²) in [7, 11) is 1.60. The Hall–Kier alpha value is -0.420. The Morgan fingerprint density at radius 3 is 2.88 bits per heavy atom. The summed E-state index contributed by atoms with van der Waals surface area (Å²) in [5.41, 5.74) is 2.50.